The first kappa shape index (κ1) is 9.94. The second-order valence-electron chi connectivity index (χ2n) is 1.58. The van der Waals surface area contributed by atoms with Gasteiger partial charge in [-0.2, -0.15) is 0 Å². The normalized spacial score (nSPS) is 35.3. The van der Waals surface area contributed by atoms with E-state index < -0.39 is 12.6 Å². The Morgan fingerprint density at radius 1 is 1.00 bits per heavy atom. The molecule has 2 aliphatic heterocycles. The van der Waals surface area contributed by atoms with E-state index in [2.05, 4.69) is 9.47 Å². The number of aliphatic hydroxyl groups is 2. The molecule has 51 valence electrons. The summed E-state index contributed by atoms with van der Waals surface area (Å²) in [5, 5.41) is 15.9. The van der Waals surface area contributed by atoms with Crippen LogP contribution in [0.5, 0.6) is 0 Å². The van der Waals surface area contributed by atoms with E-state index in [1.165, 1.54) is 0 Å². The number of aliphatic hydroxyl groups excluding tert-OH is 2. The Morgan fingerprint density at radius 3 is 1.11 bits per heavy atom. The molecule has 0 amide bonds. The average molecular weight is 209 g/mol. The van der Waals surface area contributed by atoms with Crippen molar-refractivity contribution in [2.24, 2.45) is 0 Å². The summed E-state index contributed by atoms with van der Waals surface area (Å²) in [6.07, 6.45) is -0.833. The van der Waals surface area contributed by atoms with Gasteiger partial charge in [-0.1, -0.05) is 0 Å². The predicted octanol–water partition coefficient (Wildman–Crippen LogP) is -1.33. The summed E-state index contributed by atoms with van der Waals surface area (Å²) < 4.78 is 8.53. The molecule has 0 aromatic heterocycles. The molecule has 2 unspecified atom stereocenters. The van der Waals surface area contributed by atoms with Gasteiger partial charge in [0.1, 0.15) is 13.2 Å². The molecule has 2 fully saturated rings. The first-order valence-electron chi connectivity index (χ1n) is 2.38. The van der Waals surface area contributed by atoms with Crippen molar-refractivity contribution in [3.05, 3.63) is 0 Å². The molecular formula is C4H8O4Y. The Balaban J connectivity index is 0.000000128. The second kappa shape index (κ2) is 4.71. The van der Waals surface area contributed by atoms with Crippen LogP contribution in [-0.4, -0.2) is 36.0 Å². The topological polar surface area (TPSA) is 65.5 Å². The fourth-order valence-electron chi connectivity index (χ4n) is 0.0861. The SMILES string of the molecule is OC1CO1.OC1CO1.[Y]. The van der Waals surface area contributed by atoms with Gasteiger partial charge in [-0.15, -0.1) is 0 Å². The van der Waals surface area contributed by atoms with E-state index in [4.69, 9.17) is 10.2 Å². The molecule has 0 saturated carbocycles. The number of hydrogen-bond donors (Lipinski definition) is 2. The van der Waals surface area contributed by atoms with Gasteiger partial charge in [-0.3, -0.25) is 0 Å². The summed E-state index contributed by atoms with van der Waals surface area (Å²) in [5.74, 6) is 0. The molecule has 2 saturated heterocycles. The molecule has 0 aliphatic carbocycles. The maximum absolute atomic E-state index is 7.94. The van der Waals surface area contributed by atoms with E-state index in [1.54, 1.807) is 0 Å². The molecule has 2 atom stereocenters. The van der Waals surface area contributed by atoms with Crippen molar-refractivity contribution in [2.75, 3.05) is 13.2 Å². The minimum absolute atomic E-state index is 0. The molecule has 9 heavy (non-hydrogen) atoms. The quantitative estimate of drug-likeness (QED) is 0.485. The fourth-order valence-corrected chi connectivity index (χ4v) is 0.0861. The number of epoxide rings is 2. The second-order valence-corrected chi connectivity index (χ2v) is 1.58. The van der Waals surface area contributed by atoms with Crippen LogP contribution in [0.2, 0.25) is 0 Å². The van der Waals surface area contributed by atoms with Crippen molar-refractivity contribution in [1.29, 1.82) is 0 Å². The minimum atomic E-state index is -0.417. The molecule has 2 heterocycles. The largest absolute Gasteiger partial charge is 0.366 e. The van der Waals surface area contributed by atoms with Crippen molar-refractivity contribution in [3.8, 4) is 0 Å². The minimum Gasteiger partial charge on any atom is -0.366 e. The average Bonchev–Trinajstić information content (AvgIpc) is 2.47. The van der Waals surface area contributed by atoms with Gasteiger partial charge in [-0.25, -0.2) is 0 Å². The smallest absolute Gasteiger partial charge is 0.178 e. The molecule has 0 aromatic carbocycles. The molecular weight excluding hydrogens is 201 g/mol. The summed E-state index contributed by atoms with van der Waals surface area (Å²) in [7, 11) is 0. The number of rotatable bonds is 0. The van der Waals surface area contributed by atoms with Crippen molar-refractivity contribution in [1.82, 2.24) is 0 Å². The molecule has 0 bridgehead atoms. The third-order valence-corrected chi connectivity index (χ3v) is 0.631. The number of hydrogen-bond acceptors (Lipinski definition) is 4. The molecule has 0 aromatic rings. The standard InChI is InChI=1S/2C2H4O2.Y/c2*3-2-1-4-2;/h2*2-3H,1H2;. The van der Waals surface area contributed by atoms with Crippen LogP contribution < -0.4 is 0 Å². The Hall–Kier alpha value is 0.944. The molecule has 2 aliphatic rings. The third-order valence-electron chi connectivity index (χ3n) is 0.631. The Labute approximate surface area is 78.0 Å². The van der Waals surface area contributed by atoms with Gasteiger partial charge in [0.2, 0.25) is 0 Å². The van der Waals surface area contributed by atoms with Gasteiger partial charge in [0.25, 0.3) is 0 Å². The van der Waals surface area contributed by atoms with E-state index in [0.717, 1.165) is 0 Å². The van der Waals surface area contributed by atoms with E-state index in [9.17, 15) is 0 Å². The summed E-state index contributed by atoms with van der Waals surface area (Å²) in [6, 6.07) is 0. The summed E-state index contributed by atoms with van der Waals surface area (Å²) in [6.45, 7) is 1.08. The van der Waals surface area contributed by atoms with Gasteiger partial charge in [-0.05, 0) is 0 Å². The van der Waals surface area contributed by atoms with Crippen LogP contribution in [0.3, 0.4) is 0 Å². The van der Waals surface area contributed by atoms with Crippen LogP contribution in [0.1, 0.15) is 0 Å². The summed E-state index contributed by atoms with van der Waals surface area (Å²) >= 11 is 0. The molecule has 5 heteroatoms. The van der Waals surface area contributed by atoms with Gasteiger partial charge >= 0.3 is 0 Å². The fraction of sp³-hybridized carbons (Fsp3) is 1.00. The van der Waals surface area contributed by atoms with E-state index in [0.29, 0.717) is 13.2 Å². The van der Waals surface area contributed by atoms with Crippen LogP contribution in [0, 0.1) is 0 Å². The summed E-state index contributed by atoms with van der Waals surface area (Å²) in [4.78, 5) is 0. The zero-order valence-corrected chi connectivity index (χ0v) is 7.70. The molecule has 1 radical (unpaired) electrons. The predicted molar refractivity (Wildman–Crippen MR) is 23.9 cm³/mol. The van der Waals surface area contributed by atoms with Crippen molar-refractivity contribution >= 4 is 0 Å². The van der Waals surface area contributed by atoms with Crippen LogP contribution in [0.15, 0.2) is 0 Å². The zero-order chi connectivity index (χ0) is 5.98. The molecule has 2 rings (SSSR count). The molecule has 2 N–H and O–H groups in total. The van der Waals surface area contributed by atoms with Crippen LogP contribution in [0.25, 0.3) is 0 Å². The van der Waals surface area contributed by atoms with Gasteiger partial charge in [0.05, 0.1) is 0 Å². The van der Waals surface area contributed by atoms with E-state index >= 15 is 0 Å². The monoisotopic (exact) mass is 209 g/mol. The maximum Gasteiger partial charge on any atom is 0.178 e. The third kappa shape index (κ3) is 8.94. The Bertz CT molecular complexity index is 61.0. The van der Waals surface area contributed by atoms with Crippen LogP contribution in [0.4, 0.5) is 0 Å². The summed E-state index contributed by atoms with van der Waals surface area (Å²) in [5.41, 5.74) is 0. The molecule has 0 spiro atoms. The van der Waals surface area contributed by atoms with Crippen molar-refractivity contribution < 1.29 is 52.4 Å². The van der Waals surface area contributed by atoms with Gasteiger partial charge < -0.3 is 19.7 Å². The Kier molecular flexibility index (Phi) is 5.21. The maximum atomic E-state index is 7.94. The van der Waals surface area contributed by atoms with Crippen LogP contribution >= 0.6 is 0 Å². The number of ether oxygens (including phenoxy) is 2. The zero-order valence-electron chi connectivity index (χ0n) is 4.86. The van der Waals surface area contributed by atoms with E-state index in [1.807, 2.05) is 0 Å². The van der Waals surface area contributed by atoms with Crippen LogP contribution in [-0.2, 0) is 42.2 Å². The molecule has 4 nitrogen and oxygen atoms in total. The Morgan fingerprint density at radius 2 is 1.11 bits per heavy atom. The van der Waals surface area contributed by atoms with Crippen molar-refractivity contribution in [2.45, 2.75) is 12.6 Å². The van der Waals surface area contributed by atoms with Gasteiger partial charge in [0, 0.05) is 32.7 Å². The van der Waals surface area contributed by atoms with Crippen molar-refractivity contribution in [3.63, 3.8) is 0 Å². The van der Waals surface area contributed by atoms with E-state index in [-0.39, 0.29) is 32.7 Å². The van der Waals surface area contributed by atoms with Gasteiger partial charge in [0.15, 0.2) is 12.6 Å². The first-order chi connectivity index (χ1) is 3.79. The first-order valence-corrected chi connectivity index (χ1v) is 2.38.